The van der Waals surface area contributed by atoms with Crippen molar-refractivity contribution in [1.29, 1.82) is 0 Å². The highest BCUT2D eigenvalue weighted by molar-refractivity contribution is 5.42. The molecular formula is C16H18O. The van der Waals surface area contributed by atoms with E-state index in [1.54, 1.807) is 0 Å². The molecule has 1 nitrogen and oxygen atoms in total. The largest absolute Gasteiger partial charge is 0.457 e. The van der Waals surface area contributed by atoms with Gasteiger partial charge in [-0.2, -0.15) is 0 Å². The second-order valence-electron chi connectivity index (χ2n) is 4.60. The molecule has 0 unspecified atom stereocenters. The average Bonchev–Trinajstić information content (AvgIpc) is 2.26. The predicted molar refractivity (Wildman–Crippen MR) is 71.9 cm³/mol. The highest BCUT2D eigenvalue weighted by Crippen LogP contribution is 2.26. The minimum absolute atomic E-state index is 0.896. The van der Waals surface area contributed by atoms with E-state index in [1.165, 1.54) is 22.3 Å². The van der Waals surface area contributed by atoms with Crippen LogP contribution in [0.5, 0.6) is 11.5 Å². The quantitative estimate of drug-likeness (QED) is 0.720. The van der Waals surface area contributed by atoms with Crippen molar-refractivity contribution in [2.24, 2.45) is 0 Å². The fraction of sp³-hybridized carbons (Fsp3) is 0.250. The molecular weight excluding hydrogens is 208 g/mol. The zero-order chi connectivity index (χ0) is 12.4. The van der Waals surface area contributed by atoms with Gasteiger partial charge in [-0.05, 0) is 74.2 Å². The molecule has 2 rings (SSSR count). The van der Waals surface area contributed by atoms with Gasteiger partial charge in [0.05, 0.1) is 0 Å². The van der Waals surface area contributed by atoms with Gasteiger partial charge in [0.25, 0.3) is 0 Å². The molecule has 0 N–H and O–H groups in total. The van der Waals surface area contributed by atoms with E-state index in [0.717, 1.165) is 11.5 Å². The Morgan fingerprint density at radius 1 is 0.765 bits per heavy atom. The molecule has 0 bridgehead atoms. The topological polar surface area (TPSA) is 9.23 Å². The first-order valence-electron chi connectivity index (χ1n) is 5.88. The highest BCUT2D eigenvalue weighted by atomic mass is 16.5. The summed E-state index contributed by atoms with van der Waals surface area (Å²) in [5, 5.41) is 0. The summed E-state index contributed by atoms with van der Waals surface area (Å²) < 4.78 is 5.88. The van der Waals surface area contributed by atoms with Crippen LogP contribution in [-0.4, -0.2) is 0 Å². The molecule has 0 heterocycles. The van der Waals surface area contributed by atoms with Crippen LogP contribution >= 0.6 is 0 Å². The first-order chi connectivity index (χ1) is 8.06. The van der Waals surface area contributed by atoms with Gasteiger partial charge >= 0.3 is 0 Å². The average molecular weight is 226 g/mol. The zero-order valence-corrected chi connectivity index (χ0v) is 10.9. The Kier molecular flexibility index (Phi) is 3.19. The molecule has 0 aliphatic heterocycles. The van der Waals surface area contributed by atoms with Crippen molar-refractivity contribution in [1.82, 2.24) is 0 Å². The van der Waals surface area contributed by atoms with Crippen molar-refractivity contribution in [2.75, 3.05) is 0 Å². The number of aryl methyl sites for hydroxylation is 3. The Labute approximate surface area is 103 Å². The summed E-state index contributed by atoms with van der Waals surface area (Å²) >= 11 is 0. The van der Waals surface area contributed by atoms with Crippen LogP contribution in [-0.2, 0) is 0 Å². The van der Waals surface area contributed by atoms with Gasteiger partial charge in [-0.25, -0.2) is 0 Å². The maximum atomic E-state index is 5.88. The van der Waals surface area contributed by atoms with Crippen LogP contribution in [0.1, 0.15) is 22.3 Å². The number of benzene rings is 2. The second kappa shape index (κ2) is 4.62. The van der Waals surface area contributed by atoms with Gasteiger partial charge in [0, 0.05) is 0 Å². The van der Waals surface area contributed by atoms with Gasteiger partial charge in [0.1, 0.15) is 11.5 Å². The first kappa shape index (κ1) is 11.7. The molecule has 2 aromatic rings. The molecule has 0 aromatic heterocycles. The van der Waals surface area contributed by atoms with E-state index in [9.17, 15) is 0 Å². The van der Waals surface area contributed by atoms with Crippen molar-refractivity contribution in [3.8, 4) is 11.5 Å². The van der Waals surface area contributed by atoms with Crippen LogP contribution < -0.4 is 4.74 Å². The molecule has 0 saturated carbocycles. The van der Waals surface area contributed by atoms with Crippen molar-refractivity contribution in [3.63, 3.8) is 0 Å². The minimum atomic E-state index is 0.896. The lowest BCUT2D eigenvalue weighted by atomic mass is 10.0. The van der Waals surface area contributed by atoms with Gasteiger partial charge in [-0.1, -0.05) is 12.1 Å². The summed E-state index contributed by atoms with van der Waals surface area (Å²) in [5.41, 5.74) is 5.09. The van der Waals surface area contributed by atoms with Gasteiger partial charge in [-0.3, -0.25) is 0 Å². The minimum Gasteiger partial charge on any atom is -0.457 e. The predicted octanol–water partition coefficient (Wildman–Crippen LogP) is 4.71. The monoisotopic (exact) mass is 226 g/mol. The summed E-state index contributed by atoms with van der Waals surface area (Å²) in [7, 11) is 0. The molecule has 0 spiro atoms. The first-order valence-corrected chi connectivity index (χ1v) is 5.88. The maximum absolute atomic E-state index is 5.88. The third-order valence-electron chi connectivity index (χ3n) is 3.13. The molecule has 0 radical (unpaired) electrons. The fourth-order valence-corrected chi connectivity index (χ4v) is 1.87. The third-order valence-corrected chi connectivity index (χ3v) is 3.13. The van der Waals surface area contributed by atoms with E-state index in [1.807, 2.05) is 18.2 Å². The molecule has 0 fully saturated rings. The van der Waals surface area contributed by atoms with Crippen LogP contribution in [0.25, 0.3) is 0 Å². The molecule has 2 aromatic carbocycles. The van der Waals surface area contributed by atoms with E-state index >= 15 is 0 Å². The zero-order valence-electron chi connectivity index (χ0n) is 10.9. The molecule has 0 aliphatic carbocycles. The molecule has 88 valence electrons. The Morgan fingerprint density at radius 2 is 1.41 bits per heavy atom. The molecule has 0 atom stereocenters. The Balaban J connectivity index is 2.31. The molecule has 0 saturated heterocycles. The van der Waals surface area contributed by atoms with E-state index < -0.39 is 0 Å². The van der Waals surface area contributed by atoms with E-state index in [0.29, 0.717) is 0 Å². The Bertz CT molecular complexity index is 518. The summed E-state index contributed by atoms with van der Waals surface area (Å²) in [6.07, 6.45) is 0. The van der Waals surface area contributed by atoms with Crippen LogP contribution in [0, 0.1) is 27.7 Å². The molecule has 0 aliphatic rings. The SMILES string of the molecule is Cc1cccc(Oc2cc(C)c(C)c(C)c2)c1. The standard InChI is InChI=1S/C16H18O/c1-11-6-5-7-15(8-11)17-16-9-12(2)14(4)13(3)10-16/h5-10H,1-4H3. The summed E-state index contributed by atoms with van der Waals surface area (Å²) in [4.78, 5) is 0. The lowest BCUT2D eigenvalue weighted by Crippen LogP contribution is -1.90. The summed E-state index contributed by atoms with van der Waals surface area (Å²) in [5.74, 6) is 1.81. The van der Waals surface area contributed by atoms with Gasteiger partial charge < -0.3 is 4.74 Å². The Hall–Kier alpha value is -1.76. The lowest BCUT2D eigenvalue weighted by molar-refractivity contribution is 0.481. The van der Waals surface area contributed by atoms with Crippen LogP contribution in [0.2, 0.25) is 0 Å². The number of hydrogen-bond acceptors (Lipinski definition) is 1. The number of ether oxygens (including phenoxy) is 1. The molecule has 0 amide bonds. The van der Waals surface area contributed by atoms with Crippen molar-refractivity contribution >= 4 is 0 Å². The maximum Gasteiger partial charge on any atom is 0.127 e. The van der Waals surface area contributed by atoms with Crippen LogP contribution in [0.4, 0.5) is 0 Å². The third kappa shape index (κ3) is 2.68. The van der Waals surface area contributed by atoms with E-state index in [4.69, 9.17) is 4.74 Å². The summed E-state index contributed by atoms with van der Waals surface area (Å²) in [6, 6.07) is 12.3. The smallest absolute Gasteiger partial charge is 0.127 e. The highest BCUT2D eigenvalue weighted by Gasteiger charge is 2.03. The Morgan fingerprint density at radius 3 is 2.00 bits per heavy atom. The second-order valence-corrected chi connectivity index (χ2v) is 4.60. The molecule has 1 heteroatoms. The normalized spacial score (nSPS) is 10.4. The van der Waals surface area contributed by atoms with Crippen molar-refractivity contribution < 1.29 is 4.74 Å². The lowest BCUT2D eigenvalue weighted by Gasteiger charge is -2.11. The van der Waals surface area contributed by atoms with Gasteiger partial charge in [-0.15, -0.1) is 0 Å². The van der Waals surface area contributed by atoms with Gasteiger partial charge in [0.15, 0.2) is 0 Å². The van der Waals surface area contributed by atoms with Crippen LogP contribution in [0.15, 0.2) is 36.4 Å². The summed E-state index contributed by atoms with van der Waals surface area (Å²) in [6.45, 7) is 8.44. The van der Waals surface area contributed by atoms with Crippen molar-refractivity contribution in [2.45, 2.75) is 27.7 Å². The number of rotatable bonds is 2. The van der Waals surface area contributed by atoms with E-state index in [-0.39, 0.29) is 0 Å². The van der Waals surface area contributed by atoms with Crippen LogP contribution in [0.3, 0.4) is 0 Å². The van der Waals surface area contributed by atoms with Gasteiger partial charge in [0.2, 0.25) is 0 Å². The number of hydrogen-bond donors (Lipinski definition) is 0. The fourth-order valence-electron chi connectivity index (χ4n) is 1.87. The van der Waals surface area contributed by atoms with Crippen molar-refractivity contribution in [3.05, 3.63) is 58.7 Å². The van der Waals surface area contributed by atoms with E-state index in [2.05, 4.69) is 45.9 Å². The molecule has 17 heavy (non-hydrogen) atoms.